The van der Waals surface area contributed by atoms with Gasteiger partial charge in [0.2, 0.25) is 0 Å². The fraction of sp³-hybridized carbons (Fsp3) is 0. The van der Waals surface area contributed by atoms with Crippen LogP contribution in [0, 0.1) is 11.3 Å². The first kappa shape index (κ1) is 7.72. The average Bonchev–Trinajstić information content (AvgIpc) is 1.80. The molecule has 4 N–H and O–H groups in total. The maximum atomic E-state index is 7.96. The lowest BCUT2D eigenvalue weighted by molar-refractivity contribution is 0.824. The van der Waals surface area contributed by atoms with Gasteiger partial charge in [0.1, 0.15) is 0 Å². The Bertz CT molecular complexity index is 156. The molecule has 9 heavy (non-hydrogen) atoms. The van der Waals surface area contributed by atoms with E-state index in [0.29, 0.717) is 0 Å². The van der Waals surface area contributed by atoms with E-state index in [4.69, 9.17) is 11.0 Å². The summed E-state index contributed by atoms with van der Waals surface area (Å²) < 4.78 is 0. The lowest BCUT2D eigenvalue weighted by atomic mass is 10.7. The van der Waals surface area contributed by atoms with Crippen molar-refractivity contribution in [2.24, 2.45) is 5.73 Å². The smallest absolute Gasteiger partial charge is 0.182 e. The van der Waals surface area contributed by atoms with E-state index in [0.717, 1.165) is 0 Å². The highest BCUT2D eigenvalue weighted by atomic mass is 32.1. The Morgan fingerprint density at radius 2 is 2.44 bits per heavy atom. The van der Waals surface area contributed by atoms with Gasteiger partial charge in [-0.25, -0.2) is 0 Å². The van der Waals surface area contributed by atoms with Crippen molar-refractivity contribution in [3.8, 4) is 6.07 Å². The van der Waals surface area contributed by atoms with Crippen LogP contribution in [0.3, 0.4) is 0 Å². The zero-order valence-corrected chi connectivity index (χ0v) is 5.40. The Labute approximate surface area is 58.3 Å². The van der Waals surface area contributed by atoms with E-state index in [-0.39, 0.29) is 5.11 Å². The van der Waals surface area contributed by atoms with Gasteiger partial charge in [-0.05, 0) is 12.2 Å². The second kappa shape index (κ2) is 4.87. The molecule has 0 fully saturated rings. The third kappa shape index (κ3) is 6.72. The molecule has 0 unspecified atom stereocenters. The van der Waals surface area contributed by atoms with Crippen LogP contribution in [0.5, 0.6) is 0 Å². The van der Waals surface area contributed by atoms with Crippen LogP contribution < -0.4 is 16.6 Å². The number of hydrazine groups is 1. The summed E-state index contributed by atoms with van der Waals surface area (Å²) in [5.74, 6) is 0. The fourth-order valence-electron chi connectivity index (χ4n) is 0.192. The van der Waals surface area contributed by atoms with Crippen molar-refractivity contribution in [1.82, 2.24) is 10.9 Å². The fourth-order valence-corrected chi connectivity index (χ4v) is 0.251. The van der Waals surface area contributed by atoms with Crippen LogP contribution in [0.2, 0.25) is 0 Å². The normalized spacial score (nSPS) is 8.33. The Balaban J connectivity index is 3.22. The summed E-state index contributed by atoms with van der Waals surface area (Å²) in [6.45, 7) is 0. The second-order valence-corrected chi connectivity index (χ2v) is 1.54. The molecule has 0 spiro atoms. The van der Waals surface area contributed by atoms with Gasteiger partial charge in [-0.2, -0.15) is 5.26 Å². The van der Waals surface area contributed by atoms with Crippen molar-refractivity contribution in [2.75, 3.05) is 0 Å². The van der Waals surface area contributed by atoms with Gasteiger partial charge in [0.25, 0.3) is 0 Å². The molecule has 0 aliphatic carbocycles. The minimum Gasteiger partial charge on any atom is -0.375 e. The van der Waals surface area contributed by atoms with Crippen molar-refractivity contribution in [3.63, 3.8) is 0 Å². The van der Waals surface area contributed by atoms with Gasteiger partial charge in [-0.1, -0.05) is 0 Å². The Morgan fingerprint density at radius 3 is 2.89 bits per heavy atom. The molecule has 0 aliphatic heterocycles. The lowest BCUT2D eigenvalue weighted by Gasteiger charge is -1.98. The van der Waals surface area contributed by atoms with Gasteiger partial charge in [0, 0.05) is 12.3 Å². The first-order chi connectivity index (χ1) is 4.27. The minimum atomic E-state index is 0.137. The highest BCUT2D eigenvalue weighted by molar-refractivity contribution is 7.80. The second-order valence-electron chi connectivity index (χ2n) is 1.10. The third-order valence-corrected chi connectivity index (χ3v) is 0.539. The van der Waals surface area contributed by atoms with E-state index in [1.807, 2.05) is 0 Å². The lowest BCUT2D eigenvalue weighted by Crippen LogP contribution is -2.37. The molecule has 0 radical (unpaired) electrons. The molecule has 0 rings (SSSR count). The first-order valence-corrected chi connectivity index (χ1v) is 2.54. The summed E-state index contributed by atoms with van der Waals surface area (Å²) >= 11 is 4.43. The van der Waals surface area contributed by atoms with E-state index in [1.165, 1.54) is 12.3 Å². The molecule has 0 aromatic carbocycles. The maximum absolute atomic E-state index is 7.96. The maximum Gasteiger partial charge on any atom is 0.182 e. The number of thiocarbonyl (C=S) groups is 1. The molecule has 0 atom stereocenters. The van der Waals surface area contributed by atoms with E-state index in [1.54, 1.807) is 6.07 Å². The summed E-state index contributed by atoms with van der Waals surface area (Å²) in [7, 11) is 0. The number of hydrogen-bond donors (Lipinski definition) is 3. The Morgan fingerprint density at radius 1 is 1.78 bits per heavy atom. The number of nitrogens with one attached hydrogen (secondary N) is 2. The van der Waals surface area contributed by atoms with Gasteiger partial charge >= 0.3 is 0 Å². The van der Waals surface area contributed by atoms with Gasteiger partial charge in [0.15, 0.2) is 5.11 Å². The molecular weight excluding hydrogens is 136 g/mol. The zero-order chi connectivity index (χ0) is 7.11. The monoisotopic (exact) mass is 142 g/mol. The minimum absolute atomic E-state index is 0.137. The Hall–Kier alpha value is -1.28. The molecule has 0 heterocycles. The van der Waals surface area contributed by atoms with Crippen LogP contribution in [0.1, 0.15) is 0 Å². The molecule has 0 amide bonds. The van der Waals surface area contributed by atoms with Gasteiger partial charge in [-0.3, -0.25) is 5.43 Å². The average molecular weight is 142 g/mol. The van der Waals surface area contributed by atoms with Crippen molar-refractivity contribution in [2.45, 2.75) is 0 Å². The van der Waals surface area contributed by atoms with Crippen LogP contribution in [-0.2, 0) is 0 Å². The zero-order valence-electron chi connectivity index (χ0n) is 4.59. The summed E-state index contributed by atoms with van der Waals surface area (Å²) in [5, 5.41) is 8.10. The van der Waals surface area contributed by atoms with Crippen LogP contribution in [-0.4, -0.2) is 5.11 Å². The standard InChI is InChI=1S/C4H6N4S/c5-2-1-3-7-8-4(6)9/h1,3,7H,(H3,6,8,9). The number of hydrogen-bond acceptors (Lipinski definition) is 3. The van der Waals surface area contributed by atoms with Crippen molar-refractivity contribution < 1.29 is 0 Å². The number of allylic oxidation sites excluding steroid dienone is 1. The Kier molecular flexibility index (Phi) is 4.18. The molecule has 4 nitrogen and oxygen atoms in total. The van der Waals surface area contributed by atoms with Gasteiger partial charge < -0.3 is 11.2 Å². The van der Waals surface area contributed by atoms with Gasteiger partial charge in [0.05, 0.1) is 6.07 Å². The SMILES string of the molecule is N#CC=CNNC(N)=S. The van der Waals surface area contributed by atoms with Crippen molar-refractivity contribution >= 4 is 17.3 Å². The predicted octanol–water partition coefficient (Wildman–Crippen LogP) is -0.639. The van der Waals surface area contributed by atoms with E-state index >= 15 is 0 Å². The van der Waals surface area contributed by atoms with E-state index in [2.05, 4.69) is 23.1 Å². The number of rotatable bonds is 2. The summed E-state index contributed by atoms with van der Waals surface area (Å²) in [6, 6.07) is 1.77. The largest absolute Gasteiger partial charge is 0.375 e. The molecule has 0 aromatic heterocycles. The van der Waals surface area contributed by atoms with Crippen LogP contribution in [0.4, 0.5) is 0 Å². The molecule has 0 aromatic rings. The highest BCUT2D eigenvalue weighted by Gasteiger charge is 1.75. The molecule has 0 bridgehead atoms. The molecule has 5 heteroatoms. The summed E-state index contributed by atoms with van der Waals surface area (Å²) in [6.07, 6.45) is 2.64. The van der Waals surface area contributed by atoms with E-state index < -0.39 is 0 Å². The molecular formula is C4H6N4S. The number of nitrogens with two attached hydrogens (primary N) is 1. The summed E-state index contributed by atoms with van der Waals surface area (Å²) in [4.78, 5) is 0. The molecule has 0 saturated heterocycles. The first-order valence-electron chi connectivity index (χ1n) is 2.13. The van der Waals surface area contributed by atoms with Crippen molar-refractivity contribution in [1.29, 1.82) is 5.26 Å². The quantitative estimate of drug-likeness (QED) is 0.272. The highest BCUT2D eigenvalue weighted by Crippen LogP contribution is 1.58. The topological polar surface area (TPSA) is 73.9 Å². The molecule has 0 aliphatic rings. The number of nitriles is 1. The van der Waals surface area contributed by atoms with Gasteiger partial charge in [-0.15, -0.1) is 0 Å². The van der Waals surface area contributed by atoms with Crippen LogP contribution >= 0.6 is 12.2 Å². The summed E-state index contributed by atoms with van der Waals surface area (Å²) in [5.41, 5.74) is 9.88. The third-order valence-electron chi connectivity index (χ3n) is 0.437. The van der Waals surface area contributed by atoms with Crippen LogP contribution in [0.25, 0.3) is 0 Å². The van der Waals surface area contributed by atoms with Crippen molar-refractivity contribution in [3.05, 3.63) is 12.3 Å². The molecule has 0 saturated carbocycles. The predicted molar refractivity (Wildman–Crippen MR) is 37.8 cm³/mol. The number of nitrogens with zero attached hydrogens (tertiary/aromatic N) is 1. The molecule has 48 valence electrons. The van der Waals surface area contributed by atoms with Crippen LogP contribution in [0.15, 0.2) is 12.3 Å². The van der Waals surface area contributed by atoms with E-state index in [9.17, 15) is 0 Å².